The summed E-state index contributed by atoms with van der Waals surface area (Å²) in [5, 5.41) is 0. The summed E-state index contributed by atoms with van der Waals surface area (Å²) in [6.07, 6.45) is 10.4. The van der Waals surface area contributed by atoms with E-state index in [1.54, 1.807) is 0 Å². The number of hydrogen-bond acceptors (Lipinski definition) is 0. The largest absolute Gasteiger partial charge is 0.0622 e. The summed E-state index contributed by atoms with van der Waals surface area (Å²) in [6, 6.07) is 0. The zero-order valence-corrected chi connectivity index (χ0v) is 14.8. The van der Waals surface area contributed by atoms with Crippen molar-refractivity contribution in [3.05, 3.63) is 0 Å². The van der Waals surface area contributed by atoms with Crippen LogP contribution in [-0.4, -0.2) is 0 Å². The molecule has 0 aromatic carbocycles. The lowest BCUT2D eigenvalue weighted by Gasteiger charge is -2.58. The zero-order chi connectivity index (χ0) is 14.8. The summed E-state index contributed by atoms with van der Waals surface area (Å²) in [6.45, 7) is 15.5. The molecule has 3 aliphatic rings. The van der Waals surface area contributed by atoms with Crippen molar-refractivity contribution >= 4 is 0 Å². The van der Waals surface area contributed by atoms with Gasteiger partial charge in [-0.15, -0.1) is 0 Å². The Bertz CT molecular complexity index is 377. The predicted molar refractivity (Wildman–Crippen MR) is 87.6 cm³/mol. The Balaban J connectivity index is 1.91. The average molecular weight is 277 g/mol. The summed E-state index contributed by atoms with van der Waals surface area (Å²) in [7, 11) is 0. The third kappa shape index (κ3) is 2.00. The normalized spacial score (nSPS) is 54.9. The molecule has 20 heavy (non-hydrogen) atoms. The molecule has 116 valence electrons. The van der Waals surface area contributed by atoms with Gasteiger partial charge in [0.2, 0.25) is 0 Å². The first-order valence-electron chi connectivity index (χ1n) is 9.19. The van der Waals surface area contributed by atoms with E-state index in [4.69, 9.17) is 0 Å². The highest BCUT2D eigenvalue weighted by atomic mass is 14.6. The molecule has 0 radical (unpaired) electrons. The smallest absolute Gasteiger partial charge is 0.0262 e. The summed E-state index contributed by atoms with van der Waals surface area (Å²) in [5.41, 5.74) is 1.79. The zero-order valence-electron chi connectivity index (χ0n) is 14.8. The second-order valence-corrected chi connectivity index (χ2v) is 10.00. The lowest BCUT2D eigenvalue weighted by atomic mass is 9.47. The molecule has 0 unspecified atom stereocenters. The molecule has 0 aromatic heterocycles. The van der Waals surface area contributed by atoms with Gasteiger partial charge in [0.05, 0.1) is 0 Å². The summed E-state index contributed by atoms with van der Waals surface area (Å²) in [4.78, 5) is 0. The molecule has 3 fully saturated rings. The molecular formula is C20H36. The van der Waals surface area contributed by atoms with E-state index in [1.807, 2.05) is 0 Å². The predicted octanol–water partition coefficient (Wildman–Crippen LogP) is 6.30. The number of rotatable bonds is 1. The fraction of sp³-hybridized carbons (Fsp3) is 1.00. The van der Waals surface area contributed by atoms with Crippen molar-refractivity contribution in [1.82, 2.24) is 0 Å². The van der Waals surface area contributed by atoms with Crippen molar-refractivity contribution in [2.75, 3.05) is 0 Å². The maximum Gasteiger partial charge on any atom is -0.0262 e. The Morgan fingerprint density at radius 1 is 0.850 bits per heavy atom. The first-order valence-corrected chi connectivity index (χ1v) is 9.19. The average Bonchev–Trinajstić information content (AvgIpc) is 2.56. The third-order valence-corrected chi connectivity index (χ3v) is 8.48. The lowest BCUT2D eigenvalue weighted by molar-refractivity contribution is -0.0878. The van der Waals surface area contributed by atoms with E-state index in [-0.39, 0.29) is 0 Å². The van der Waals surface area contributed by atoms with Crippen molar-refractivity contribution in [2.45, 2.75) is 86.5 Å². The summed E-state index contributed by atoms with van der Waals surface area (Å²) < 4.78 is 0. The first kappa shape index (κ1) is 14.9. The van der Waals surface area contributed by atoms with Crippen molar-refractivity contribution < 1.29 is 0 Å². The molecule has 6 atom stereocenters. The SMILES string of the molecule is C[C@@H]1C[C@@]2(C)C[C@@H]1CC[C@@H]2[C@@]1(C)CCCC(C)(C)[C@@H]1C. The topological polar surface area (TPSA) is 0 Å². The Kier molecular flexibility index (Phi) is 3.35. The molecule has 3 rings (SSSR count). The second-order valence-electron chi connectivity index (χ2n) is 10.00. The van der Waals surface area contributed by atoms with Gasteiger partial charge >= 0.3 is 0 Å². The fourth-order valence-electron chi connectivity index (χ4n) is 7.04. The van der Waals surface area contributed by atoms with Crippen LogP contribution in [0.25, 0.3) is 0 Å². The molecule has 0 nitrogen and oxygen atoms in total. The molecule has 2 bridgehead atoms. The Hall–Kier alpha value is 0. The van der Waals surface area contributed by atoms with Crippen LogP contribution in [0.5, 0.6) is 0 Å². The van der Waals surface area contributed by atoms with Gasteiger partial charge in [0, 0.05) is 0 Å². The van der Waals surface area contributed by atoms with E-state index >= 15 is 0 Å². The minimum absolute atomic E-state index is 0.546. The van der Waals surface area contributed by atoms with Gasteiger partial charge in [-0.25, -0.2) is 0 Å². The molecule has 3 aliphatic carbocycles. The van der Waals surface area contributed by atoms with Crippen molar-refractivity contribution in [3.63, 3.8) is 0 Å². The Morgan fingerprint density at radius 3 is 2.25 bits per heavy atom. The van der Waals surface area contributed by atoms with Crippen molar-refractivity contribution in [2.24, 2.45) is 39.9 Å². The van der Waals surface area contributed by atoms with Crippen LogP contribution in [0.3, 0.4) is 0 Å². The van der Waals surface area contributed by atoms with E-state index in [0.717, 1.165) is 23.7 Å². The van der Waals surface area contributed by atoms with E-state index in [9.17, 15) is 0 Å². The molecule has 0 aliphatic heterocycles. The van der Waals surface area contributed by atoms with Gasteiger partial charge in [-0.05, 0) is 78.4 Å². The highest BCUT2D eigenvalue weighted by Crippen LogP contribution is 2.66. The molecule has 0 N–H and O–H groups in total. The van der Waals surface area contributed by atoms with Crippen LogP contribution in [0.1, 0.15) is 86.5 Å². The maximum absolute atomic E-state index is 2.66. The van der Waals surface area contributed by atoms with Crippen LogP contribution >= 0.6 is 0 Å². The lowest BCUT2D eigenvalue weighted by Crippen LogP contribution is -2.50. The fourth-order valence-corrected chi connectivity index (χ4v) is 7.04. The van der Waals surface area contributed by atoms with Crippen LogP contribution in [0, 0.1) is 39.9 Å². The van der Waals surface area contributed by atoms with E-state index < -0.39 is 0 Å². The van der Waals surface area contributed by atoms with Gasteiger partial charge in [-0.2, -0.15) is 0 Å². The van der Waals surface area contributed by atoms with Gasteiger partial charge in [0.25, 0.3) is 0 Å². The molecule has 0 spiro atoms. The number of hydrogen-bond donors (Lipinski definition) is 0. The van der Waals surface area contributed by atoms with Crippen LogP contribution in [0.4, 0.5) is 0 Å². The van der Waals surface area contributed by atoms with Gasteiger partial charge in [-0.3, -0.25) is 0 Å². The molecule has 0 heteroatoms. The van der Waals surface area contributed by atoms with Gasteiger partial charge in [0.1, 0.15) is 0 Å². The maximum atomic E-state index is 2.66. The van der Waals surface area contributed by atoms with E-state index in [1.165, 1.54) is 44.9 Å². The summed E-state index contributed by atoms with van der Waals surface area (Å²) in [5.74, 6) is 3.89. The van der Waals surface area contributed by atoms with Crippen molar-refractivity contribution in [1.29, 1.82) is 0 Å². The molecule has 0 amide bonds. The second kappa shape index (κ2) is 4.50. The van der Waals surface area contributed by atoms with Crippen LogP contribution in [0.15, 0.2) is 0 Å². The van der Waals surface area contributed by atoms with E-state index in [2.05, 4.69) is 41.5 Å². The van der Waals surface area contributed by atoms with Crippen LogP contribution in [0.2, 0.25) is 0 Å². The third-order valence-electron chi connectivity index (χ3n) is 8.48. The highest BCUT2D eigenvalue weighted by Gasteiger charge is 2.57. The van der Waals surface area contributed by atoms with Crippen LogP contribution < -0.4 is 0 Å². The van der Waals surface area contributed by atoms with Crippen LogP contribution in [-0.2, 0) is 0 Å². The summed E-state index contributed by atoms with van der Waals surface area (Å²) >= 11 is 0. The van der Waals surface area contributed by atoms with Crippen molar-refractivity contribution in [3.8, 4) is 0 Å². The van der Waals surface area contributed by atoms with Gasteiger partial charge < -0.3 is 0 Å². The molecular weight excluding hydrogens is 240 g/mol. The molecule has 0 heterocycles. The Morgan fingerprint density at radius 2 is 1.55 bits per heavy atom. The minimum Gasteiger partial charge on any atom is -0.0622 e. The first-order chi connectivity index (χ1) is 9.19. The van der Waals surface area contributed by atoms with Gasteiger partial charge in [-0.1, -0.05) is 48.0 Å². The van der Waals surface area contributed by atoms with Gasteiger partial charge in [0.15, 0.2) is 0 Å². The van der Waals surface area contributed by atoms with E-state index in [0.29, 0.717) is 16.2 Å². The standard InChI is InChI=1S/C20H36/c1-14-12-19(5)13-16(14)8-9-17(19)20(6)11-7-10-18(3,4)15(20)2/h14-17H,7-13H2,1-6H3/t14-,15+,16+,17+,19+,20+/m1/s1. The Labute approximate surface area is 127 Å². The highest BCUT2D eigenvalue weighted by molar-refractivity contribution is 5.07. The quantitative estimate of drug-likeness (QED) is 0.527. The molecule has 0 saturated heterocycles. The monoisotopic (exact) mass is 276 g/mol. The molecule has 3 saturated carbocycles. The molecule has 0 aromatic rings. The minimum atomic E-state index is 0.546. The number of fused-ring (bicyclic) bond motifs is 2.